The summed E-state index contributed by atoms with van der Waals surface area (Å²) in [6.45, 7) is 0.742. The average molecular weight is 315 g/mol. The third-order valence-electron chi connectivity index (χ3n) is 3.04. The fraction of sp³-hybridized carbons (Fsp3) is 0.176. The zero-order valence-corrected chi connectivity index (χ0v) is 12.6. The Labute approximate surface area is 133 Å². The van der Waals surface area contributed by atoms with Crippen LogP contribution in [0.3, 0.4) is 0 Å². The summed E-state index contributed by atoms with van der Waals surface area (Å²) in [6.07, 6.45) is 0. The van der Waals surface area contributed by atoms with Gasteiger partial charge in [-0.25, -0.2) is 4.79 Å². The van der Waals surface area contributed by atoms with Gasteiger partial charge in [0.2, 0.25) is 0 Å². The van der Waals surface area contributed by atoms with Crippen molar-refractivity contribution in [2.75, 3.05) is 25.6 Å². The second kappa shape index (κ2) is 7.95. The minimum absolute atomic E-state index is 0.104. The van der Waals surface area contributed by atoms with Gasteiger partial charge in [0.05, 0.1) is 17.7 Å². The predicted octanol–water partition coefficient (Wildman–Crippen LogP) is 2.66. The second-order valence-corrected chi connectivity index (χ2v) is 4.68. The maximum atomic E-state index is 12.4. The molecular weight excluding hydrogens is 298 g/mol. The lowest BCUT2D eigenvalue weighted by atomic mass is 10.1. The predicted molar refractivity (Wildman–Crippen MR) is 85.2 cm³/mol. The molecule has 2 rings (SSSR count). The van der Waals surface area contributed by atoms with Crippen molar-refractivity contribution in [3.05, 3.63) is 59.7 Å². The quantitative estimate of drug-likeness (QED) is 0.767. The van der Waals surface area contributed by atoms with Crippen molar-refractivity contribution in [2.45, 2.75) is 0 Å². The monoisotopic (exact) mass is 315 g/mol. The summed E-state index contributed by atoms with van der Waals surface area (Å²) in [6, 6.07) is 12.9. The van der Waals surface area contributed by atoms with E-state index in [9.17, 15) is 9.59 Å². The summed E-state index contributed by atoms with van der Waals surface area (Å²) < 4.78 is 10.4. The Morgan fingerprint density at radius 1 is 1.09 bits per heavy atom. The molecule has 0 bridgehead atoms. The lowest BCUT2D eigenvalue weighted by Crippen LogP contribution is -2.15. The van der Waals surface area contributed by atoms with Crippen LogP contribution in [0.15, 0.2) is 48.5 Å². The molecule has 0 saturated heterocycles. The average Bonchev–Trinajstić information content (AvgIpc) is 2.55. The van der Waals surface area contributed by atoms with Crippen molar-refractivity contribution in [1.82, 2.24) is 0 Å². The molecule has 2 aromatic carbocycles. The van der Waals surface area contributed by atoms with Crippen LogP contribution in [0.25, 0.3) is 0 Å². The number of carbonyl (C=O) groups is 2. The summed E-state index contributed by atoms with van der Waals surface area (Å²) in [5.41, 5.74) is 0.873. The Hall–Kier alpha value is -2.86. The number of ether oxygens (including phenoxy) is 2. The van der Waals surface area contributed by atoms with E-state index in [0.29, 0.717) is 30.2 Å². The molecule has 0 atom stereocenters. The number of rotatable bonds is 7. The number of nitrogens with one attached hydrogen (secondary N) is 1. The largest absolute Gasteiger partial charge is 0.490 e. The summed E-state index contributed by atoms with van der Waals surface area (Å²) in [7, 11) is 1.57. The van der Waals surface area contributed by atoms with E-state index in [-0.39, 0.29) is 11.5 Å². The summed E-state index contributed by atoms with van der Waals surface area (Å²) in [5, 5.41) is 11.7. The molecule has 0 spiro atoms. The number of benzene rings is 2. The smallest absolute Gasteiger partial charge is 0.335 e. The van der Waals surface area contributed by atoms with E-state index < -0.39 is 5.97 Å². The number of hydrogen-bond acceptors (Lipinski definition) is 4. The van der Waals surface area contributed by atoms with E-state index in [4.69, 9.17) is 14.6 Å². The molecule has 2 aromatic rings. The van der Waals surface area contributed by atoms with Crippen molar-refractivity contribution < 1.29 is 24.2 Å². The topological polar surface area (TPSA) is 84.9 Å². The highest BCUT2D eigenvalue weighted by molar-refractivity contribution is 6.06. The number of amides is 1. The van der Waals surface area contributed by atoms with Crippen LogP contribution in [0.1, 0.15) is 20.7 Å². The molecule has 0 radical (unpaired) electrons. The van der Waals surface area contributed by atoms with Crippen LogP contribution < -0.4 is 10.1 Å². The van der Waals surface area contributed by atoms with Gasteiger partial charge in [-0.3, -0.25) is 4.79 Å². The van der Waals surface area contributed by atoms with Crippen molar-refractivity contribution in [1.29, 1.82) is 0 Å². The second-order valence-electron chi connectivity index (χ2n) is 4.68. The summed E-state index contributed by atoms with van der Waals surface area (Å²) in [5.74, 6) is -0.985. The van der Waals surface area contributed by atoms with Crippen LogP contribution in [-0.4, -0.2) is 37.3 Å². The number of hydrogen-bond donors (Lipinski definition) is 2. The number of aromatic carboxylic acids is 1. The maximum absolute atomic E-state index is 12.4. The lowest BCUT2D eigenvalue weighted by molar-refractivity contribution is 0.0696. The molecule has 0 heterocycles. The Morgan fingerprint density at radius 2 is 1.87 bits per heavy atom. The highest BCUT2D eigenvalue weighted by atomic mass is 16.5. The molecule has 0 aliphatic carbocycles. The molecule has 1 amide bonds. The van der Waals surface area contributed by atoms with Gasteiger partial charge in [0, 0.05) is 12.8 Å². The third-order valence-corrected chi connectivity index (χ3v) is 3.04. The first-order valence-corrected chi connectivity index (χ1v) is 6.97. The van der Waals surface area contributed by atoms with Crippen molar-refractivity contribution in [3.8, 4) is 5.75 Å². The molecule has 0 fully saturated rings. The van der Waals surface area contributed by atoms with Crippen LogP contribution in [0.4, 0.5) is 5.69 Å². The van der Waals surface area contributed by atoms with E-state index in [1.54, 1.807) is 43.5 Å². The first-order valence-electron chi connectivity index (χ1n) is 6.97. The molecular formula is C17H17NO5. The Balaban J connectivity index is 2.14. The molecule has 0 saturated carbocycles. The third kappa shape index (κ3) is 4.55. The zero-order valence-electron chi connectivity index (χ0n) is 12.6. The van der Waals surface area contributed by atoms with Gasteiger partial charge in [-0.05, 0) is 30.3 Å². The number of methoxy groups -OCH3 is 1. The Kier molecular flexibility index (Phi) is 5.71. The molecule has 0 aliphatic heterocycles. The first kappa shape index (κ1) is 16.5. The van der Waals surface area contributed by atoms with Crippen LogP contribution in [-0.2, 0) is 4.74 Å². The fourth-order valence-electron chi connectivity index (χ4n) is 1.94. The van der Waals surface area contributed by atoms with Crippen molar-refractivity contribution in [2.24, 2.45) is 0 Å². The maximum Gasteiger partial charge on any atom is 0.335 e. The van der Waals surface area contributed by atoms with Crippen LogP contribution in [0.5, 0.6) is 5.75 Å². The molecule has 0 aromatic heterocycles. The summed E-state index contributed by atoms with van der Waals surface area (Å²) in [4.78, 5) is 23.3. The van der Waals surface area contributed by atoms with Crippen LogP contribution in [0, 0.1) is 0 Å². The number of carbonyl (C=O) groups excluding carboxylic acids is 1. The van der Waals surface area contributed by atoms with Gasteiger partial charge < -0.3 is 19.9 Å². The molecule has 6 nitrogen and oxygen atoms in total. The SMILES string of the molecule is COCCOc1ccccc1C(=O)Nc1cccc(C(=O)O)c1. The van der Waals surface area contributed by atoms with Gasteiger partial charge in [0.25, 0.3) is 5.91 Å². The molecule has 0 aliphatic rings. The molecule has 120 valence electrons. The molecule has 6 heteroatoms. The number of para-hydroxylation sites is 1. The van der Waals surface area contributed by atoms with E-state index in [1.165, 1.54) is 12.1 Å². The Morgan fingerprint density at radius 3 is 2.61 bits per heavy atom. The minimum atomic E-state index is -1.05. The normalized spacial score (nSPS) is 10.1. The number of carboxylic acid groups (broad SMARTS) is 1. The van der Waals surface area contributed by atoms with E-state index >= 15 is 0 Å². The van der Waals surface area contributed by atoms with Gasteiger partial charge in [0.1, 0.15) is 12.4 Å². The molecule has 0 unspecified atom stereocenters. The summed E-state index contributed by atoms with van der Waals surface area (Å²) >= 11 is 0. The van der Waals surface area contributed by atoms with Crippen molar-refractivity contribution in [3.63, 3.8) is 0 Å². The molecule has 2 N–H and O–H groups in total. The van der Waals surface area contributed by atoms with Gasteiger partial charge in [-0.2, -0.15) is 0 Å². The van der Waals surface area contributed by atoms with E-state index in [0.717, 1.165) is 0 Å². The van der Waals surface area contributed by atoms with E-state index in [2.05, 4.69) is 5.32 Å². The minimum Gasteiger partial charge on any atom is -0.490 e. The molecule has 23 heavy (non-hydrogen) atoms. The lowest BCUT2D eigenvalue weighted by Gasteiger charge is -2.11. The fourth-order valence-corrected chi connectivity index (χ4v) is 1.94. The van der Waals surface area contributed by atoms with Gasteiger partial charge in [0.15, 0.2) is 0 Å². The van der Waals surface area contributed by atoms with E-state index in [1.807, 2.05) is 0 Å². The van der Waals surface area contributed by atoms with Crippen LogP contribution in [0.2, 0.25) is 0 Å². The highest BCUT2D eigenvalue weighted by Gasteiger charge is 2.13. The van der Waals surface area contributed by atoms with Crippen molar-refractivity contribution >= 4 is 17.6 Å². The first-order chi connectivity index (χ1) is 11.1. The van der Waals surface area contributed by atoms with Gasteiger partial charge in [-0.15, -0.1) is 0 Å². The zero-order chi connectivity index (χ0) is 16.7. The standard InChI is InChI=1S/C17H17NO5/c1-22-9-10-23-15-8-3-2-7-14(15)16(19)18-13-6-4-5-12(11-13)17(20)21/h2-8,11H,9-10H2,1H3,(H,18,19)(H,20,21). The number of anilines is 1. The van der Waals surface area contributed by atoms with Gasteiger partial charge >= 0.3 is 5.97 Å². The highest BCUT2D eigenvalue weighted by Crippen LogP contribution is 2.20. The number of carboxylic acids is 1. The Bertz CT molecular complexity index is 699. The van der Waals surface area contributed by atoms with Gasteiger partial charge in [-0.1, -0.05) is 18.2 Å². The van der Waals surface area contributed by atoms with Crippen LogP contribution >= 0.6 is 0 Å².